The molecule has 0 aliphatic heterocycles. The number of hydrogen-bond donors (Lipinski definition) is 3. The molecule has 0 aromatic heterocycles. The van der Waals surface area contributed by atoms with Crippen molar-refractivity contribution in [1.82, 2.24) is 5.32 Å². The molecule has 20 heavy (non-hydrogen) atoms. The molecule has 0 spiro atoms. The molecule has 1 amide bonds. The van der Waals surface area contributed by atoms with Gasteiger partial charge in [0.2, 0.25) is 5.91 Å². The Hall–Kier alpha value is 1.39. The van der Waals surface area contributed by atoms with Gasteiger partial charge in [-0.25, -0.2) is 0 Å². The number of aliphatic hydroxyl groups is 1. The van der Waals surface area contributed by atoms with E-state index in [2.05, 4.69) is 12.2 Å². The number of unbranched alkanes of at least 4 members (excludes halogenated alkanes) is 8. The molecular formula is C14H32N2Na2O2. The zero-order chi connectivity index (χ0) is 13.6. The first-order valence-corrected chi connectivity index (χ1v) is 7.37. The molecule has 0 rings (SSSR count). The fraction of sp³-hybridized carbons (Fsp3) is 0.929. The summed E-state index contributed by atoms with van der Waals surface area (Å²) in [6, 6.07) is 0. The molecule has 0 aliphatic carbocycles. The van der Waals surface area contributed by atoms with E-state index in [9.17, 15) is 4.79 Å². The Labute approximate surface area is 168 Å². The fourth-order valence-electron chi connectivity index (χ4n) is 1.90. The van der Waals surface area contributed by atoms with Crippen LogP contribution in [0, 0.1) is 0 Å². The van der Waals surface area contributed by atoms with Crippen molar-refractivity contribution in [2.24, 2.45) is 5.73 Å². The number of aliphatic hydroxyl groups excluding tert-OH is 1. The van der Waals surface area contributed by atoms with Crippen molar-refractivity contribution >= 4 is 65.0 Å². The van der Waals surface area contributed by atoms with Crippen molar-refractivity contribution in [2.75, 3.05) is 6.54 Å². The first-order chi connectivity index (χ1) is 8.66. The van der Waals surface area contributed by atoms with E-state index in [1.54, 1.807) is 0 Å². The van der Waals surface area contributed by atoms with Crippen LogP contribution in [0.4, 0.5) is 0 Å². The van der Waals surface area contributed by atoms with Crippen LogP contribution in [0.25, 0.3) is 0 Å². The van der Waals surface area contributed by atoms with Gasteiger partial charge in [-0.3, -0.25) is 4.79 Å². The maximum absolute atomic E-state index is 11.3. The zero-order valence-electron chi connectivity index (χ0n) is 11.8. The molecule has 6 heteroatoms. The van der Waals surface area contributed by atoms with Gasteiger partial charge in [-0.15, -0.1) is 0 Å². The van der Waals surface area contributed by atoms with E-state index in [0.717, 1.165) is 12.8 Å². The molecule has 0 bridgehead atoms. The average Bonchev–Trinajstić information content (AvgIpc) is 2.34. The minimum absolute atomic E-state index is 0. The number of nitrogens with two attached hydrogens (primary N) is 1. The van der Waals surface area contributed by atoms with Crippen LogP contribution >= 0.6 is 0 Å². The van der Waals surface area contributed by atoms with Gasteiger partial charge < -0.3 is 16.2 Å². The number of carbonyl (C=O) groups is 1. The van der Waals surface area contributed by atoms with Gasteiger partial charge in [-0.2, -0.15) is 0 Å². The third-order valence-electron chi connectivity index (χ3n) is 3.02. The van der Waals surface area contributed by atoms with Gasteiger partial charge in [0.1, 0.15) is 6.23 Å². The second-order valence-corrected chi connectivity index (χ2v) is 4.95. The predicted molar refractivity (Wildman–Crippen MR) is 89.3 cm³/mol. The molecule has 0 saturated heterocycles. The Morgan fingerprint density at radius 1 is 1.00 bits per heavy atom. The van der Waals surface area contributed by atoms with E-state index in [4.69, 9.17) is 10.8 Å². The van der Waals surface area contributed by atoms with Crippen LogP contribution in [-0.4, -0.2) is 82.9 Å². The van der Waals surface area contributed by atoms with E-state index in [1.165, 1.54) is 44.9 Å². The fourth-order valence-corrected chi connectivity index (χ4v) is 1.90. The first-order valence-electron chi connectivity index (χ1n) is 7.37. The Morgan fingerprint density at radius 3 is 1.90 bits per heavy atom. The third-order valence-corrected chi connectivity index (χ3v) is 3.02. The minimum atomic E-state index is -0.947. The number of nitrogens with one attached hydrogen (secondary N) is 1. The summed E-state index contributed by atoms with van der Waals surface area (Å²) in [5.41, 5.74) is 5.13. The Kier molecular flexibility index (Phi) is 26.8. The predicted octanol–water partition coefficient (Wildman–Crippen LogP) is 1.00. The molecule has 4 N–H and O–H groups in total. The molecule has 1 unspecified atom stereocenters. The Morgan fingerprint density at radius 2 is 1.45 bits per heavy atom. The summed E-state index contributed by atoms with van der Waals surface area (Å²) in [5, 5.41) is 11.4. The number of rotatable bonds is 12. The van der Waals surface area contributed by atoms with E-state index in [-0.39, 0.29) is 71.6 Å². The van der Waals surface area contributed by atoms with Crippen molar-refractivity contribution in [3.05, 3.63) is 0 Å². The monoisotopic (exact) mass is 306 g/mol. The van der Waals surface area contributed by atoms with Crippen LogP contribution in [0.15, 0.2) is 0 Å². The molecule has 112 valence electrons. The van der Waals surface area contributed by atoms with E-state index in [0.29, 0.717) is 6.42 Å². The van der Waals surface area contributed by atoms with Gasteiger partial charge in [0.05, 0.1) is 6.54 Å². The van der Waals surface area contributed by atoms with Gasteiger partial charge in [0.25, 0.3) is 0 Å². The van der Waals surface area contributed by atoms with Crippen molar-refractivity contribution in [1.29, 1.82) is 0 Å². The topological polar surface area (TPSA) is 75.4 Å². The van der Waals surface area contributed by atoms with Crippen LogP contribution in [0.2, 0.25) is 0 Å². The van der Waals surface area contributed by atoms with Crippen LogP contribution in [-0.2, 0) is 4.79 Å². The SMILES string of the molecule is CCCCCCCCCCCC(=O)NCC(N)O.[NaH].[NaH]. The van der Waals surface area contributed by atoms with Gasteiger partial charge in [-0.1, -0.05) is 58.3 Å². The summed E-state index contributed by atoms with van der Waals surface area (Å²) in [6.07, 6.45) is 10.8. The molecular weight excluding hydrogens is 274 g/mol. The molecule has 4 nitrogen and oxygen atoms in total. The summed E-state index contributed by atoms with van der Waals surface area (Å²) in [5.74, 6) is -0.0116. The van der Waals surface area contributed by atoms with E-state index in [1.807, 2.05) is 0 Å². The van der Waals surface area contributed by atoms with Gasteiger partial charge in [0, 0.05) is 6.42 Å². The Bertz CT molecular complexity index is 206. The van der Waals surface area contributed by atoms with Gasteiger partial charge in [0.15, 0.2) is 0 Å². The molecule has 0 heterocycles. The standard InChI is InChI=1S/C14H30N2O2.2Na.2H/c1-2-3-4-5-6-7-8-9-10-11-14(18)16-12-13(15)17;;;;/h13,17H,2-12,15H2,1H3,(H,16,18);;;;. The van der Waals surface area contributed by atoms with E-state index < -0.39 is 6.23 Å². The number of hydrogen-bond acceptors (Lipinski definition) is 3. The third kappa shape index (κ3) is 21.7. The molecule has 0 aromatic rings. The summed E-state index contributed by atoms with van der Waals surface area (Å²) in [7, 11) is 0. The first kappa shape index (κ1) is 26.3. The normalized spacial score (nSPS) is 11.2. The molecule has 0 radical (unpaired) electrons. The number of carbonyl (C=O) groups excluding carboxylic acids is 1. The summed E-state index contributed by atoms with van der Waals surface area (Å²) in [6.45, 7) is 2.38. The molecule has 0 aliphatic rings. The van der Waals surface area contributed by atoms with Crippen molar-refractivity contribution < 1.29 is 9.90 Å². The number of amides is 1. The molecule has 0 saturated carbocycles. The molecule has 0 fully saturated rings. The second-order valence-electron chi connectivity index (χ2n) is 4.95. The average molecular weight is 306 g/mol. The van der Waals surface area contributed by atoms with Crippen LogP contribution in [0.1, 0.15) is 71.1 Å². The summed E-state index contributed by atoms with van der Waals surface area (Å²) in [4.78, 5) is 11.3. The van der Waals surface area contributed by atoms with Gasteiger partial charge in [-0.05, 0) is 6.42 Å². The van der Waals surface area contributed by atoms with Crippen molar-refractivity contribution in [2.45, 2.75) is 77.4 Å². The Balaban J connectivity index is -0.00000144. The zero-order valence-corrected chi connectivity index (χ0v) is 11.8. The second kappa shape index (κ2) is 20.4. The molecule has 1 atom stereocenters. The van der Waals surface area contributed by atoms with Crippen LogP contribution in [0.5, 0.6) is 0 Å². The van der Waals surface area contributed by atoms with Gasteiger partial charge >= 0.3 is 59.1 Å². The van der Waals surface area contributed by atoms with E-state index >= 15 is 0 Å². The molecule has 0 aromatic carbocycles. The summed E-state index contributed by atoms with van der Waals surface area (Å²) >= 11 is 0. The summed E-state index contributed by atoms with van der Waals surface area (Å²) < 4.78 is 0. The van der Waals surface area contributed by atoms with Crippen molar-refractivity contribution in [3.8, 4) is 0 Å². The quantitative estimate of drug-likeness (QED) is 0.286. The van der Waals surface area contributed by atoms with Crippen molar-refractivity contribution in [3.63, 3.8) is 0 Å². The maximum atomic E-state index is 11.3. The van der Waals surface area contributed by atoms with Crippen LogP contribution < -0.4 is 11.1 Å². The van der Waals surface area contributed by atoms with Crippen LogP contribution in [0.3, 0.4) is 0 Å².